The van der Waals surface area contributed by atoms with Crippen LogP contribution in [0.4, 0.5) is 13.2 Å². The van der Waals surface area contributed by atoms with Crippen LogP contribution in [0.25, 0.3) is 0 Å². The quantitative estimate of drug-likeness (QED) is 0.567. The second-order valence-corrected chi connectivity index (χ2v) is 6.30. The number of halogens is 3. The fraction of sp³-hybridized carbons (Fsp3) is 0.471. The molecule has 150 valence electrons. The van der Waals surface area contributed by atoms with E-state index in [-0.39, 0.29) is 0 Å². The minimum atomic E-state index is -4.41. The summed E-state index contributed by atoms with van der Waals surface area (Å²) in [4.78, 5) is 30.7. The number of carboxylic acid groups (broad SMARTS) is 2. The Morgan fingerprint density at radius 3 is 1.93 bits per heavy atom. The number of nitrogens with one attached hydrogen (secondary N) is 1. The predicted octanol–water partition coefficient (Wildman–Crippen LogP) is 1.78. The highest BCUT2D eigenvalue weighted by Crippen LogP contribution is 2.39. The summed E-state index contributed by atoms with van der Waals surface area (Å²) >= 11 is 0. The molecule has 1 aliphatic rings. The van der Waals surface area contributed by atoms with Crippen LogP contribution in [0.1, 0.15) is 37.3 Å². The van der Waals surface area contributed by atoms with Crippen molar-refractivity contribution >= 4 is 17.7 Å². The van der Waals surface area contributed by atoms with Crippen LogP contribution in [0.5, 0.6) is 0 Å². The molecule has 7 nitrogen and oxygen atoms in total. The van der Waals surface area contributed by atoms with Crippen LogP contribution in [0.3, 0.4) is 0 Å². The number of hydrogen-bond acceptors (Lipinski definition) is 5. The summed E-state index contributed by atoms with van der Waals surface area (Å²) < 4.78 is 37.8. The van der Waals surface area contributed by atoms with Crippen LogP contribution < -0.4 is 5.32 Å². The SMILES string of the molecule is CN[C@@]1(c2ccc(C(F)(F)F)cc2)CCC[C@](C)(O)C1=O.O=C(O)C(=O)O. The zero-order valence-electron chi connectivity index (χ0n) is 14.6. The van der Waals surface area contributed by atoms with E-state index < -0.39 is 40.6 Å². The molecular weight excluding hydrogens is 371 g/mol. The van der Waals surface area contributed by atoms with Gasteiger partial charge in [-0.3, -0.25) is 4.79 Å². The smallest absolute Gasteiger partial charge is 0.416 e. The van der Waals surface area contributed by atoms with Crippen LogP contribution in [-0.2, 0) is 26.1 Å². The van der Waals surface area contributed by atoms with Crippen LogP contribution in [0.2, 0.25) is 0 Å². The highest BCUT2D eigenvalue weighted by atomic mass is 19.4. The molecule has 0 saturated heterocycles. The van der Waals surface area contributed by atoms with Gasteiger partial charge in [0.15, 0.2) is 5.78 Å². The van der Waals surface area contributed by atoms with Crippen LogP contribution in [0.15, 0.2) is 24.3 Å². The van der Waals surface area contributed by atoms with E-state index in [4.69, 9.17) is 19.8 Å². The summed E-state index contributed by atoms with van der Waals surface area (Å²) in [6.45, 7) is 1.45. The van der Waals surface area contributed by atoms with Crippen molar-refractivity contribution in [1.82, 2.24) is 5.32 Å². The van der Waals surface area contributed by atoms with E-state index in [0.29, 0.717) is 24.8 Å². The minimum absolute atomic E-state index is 0.357. The molecule has 0 aromatic heterocycles. The van der Waals surface area contributed by atoms with E-state index in [1.165, 1.54) is 19.1 Å². The van der Waals surface area contributed by atoms with Crippen molar-refractivity contribution in [3.8, 4) is 0 Å². The number of rotatable bonds is 2. The Morgan fingerprint density at radius 2 is 1.56 bits per heavy atom. The third-order valence-electron chi connectivity index (χ3n) is 4.41. The summed E-state index contributed by atoms with van der Waals surface area (Å²) in [7, 11) is 1.58. The predicted molar refractivity (Wildman–Crippen MR) is 86.9 cm³/mol. The maximum absolute atomic E-state index is 12.6. The summed E-state index contributed by atoms with van der Waals surface area (Å²) in [6, 6.07) is 4.54. The van der Waals surface area contributed by atoms with Gasteiger partial charge in [0.1, 0.15) is 11.1 Å². The van der Waals surface area contributed by atoms with Gasteiger partial charge in [-0.15, -0.1) is 0 Å². The molecule has 0 amide bonds. The molecule has 1 aromatic carbocycles. The van der Waals surface area contributed by atoms with Gasteiger partial charge >= 0.3 is 18.1 Å². The first-order valence-corrected chi connectivity index (χ1v) is 7.88. The number of carbonyl (C=O) groups excluding carboxylic acids is 1. The van der Waals surface area contributed by atoms with Gasteiger partial charge in [0.05, 0.1) is 5.56 Å². The number of carboxylic acids is 2. The number of likely N-dealkylation sites (N-methyl/N-ethyl adjacent to an activating group) is 1. The molecule has 0 aliphatic heterocycles. The molecule has 1 saturated carbocycles. The van der Waals surface area contributed by atoms with Crippen molar-refractivity contribution in [2.45, 2.75) is 43.5 Å². The molecule has 4 N–H and O–H groups in total. The molecule has 2 atom stereocenters. The van der Waals surface area contributed by atoms with Gasteiger partial charge in [-0.2, -0.15) is 13.2 Å². The summed E-state index contributed by atoms with van der Waals surface area (Å²) in [5.41, 5.74) is -2.91. The summed E-state index contributed by atoms with van der Waals surface area (Å²) in [5.74, 6) is -4.05. The third-order valence-corrected chi connectivity index (χ3v) is 4.41. The number of aliphatic hydroxyl groups is 1. The van der Waals surface area contributed by atoms with Crippen molar-refractivity contribution in [2.75, 3.05) is 7.05 Å². The fourth-order valence-electron chi connectivity index (χ4n) is 2.99. The van der Waals surface area contributed by atoms with Crippen molar-refractivity contribution in [3.63, 3.8) is 0 Å². The van der Waals surface area contributed by atoms with Gasteiger partial charge in [-0.25, -0.2) is 9.59 Å². The normalized spacial score (nSPS) is 25.3. The average molecular weight is 391 g/mol. The van der Waals surface area contributed by atoms with Crippen molar-refractivity contribution in [1.29, 1.82) is 0 Å². The lowest BCUT2D eigenvalue weighted by Gasteiger charge is -2.42. The van der Waals surface area contributed by atoms with Gasteiger partial charge in [-0.05, 0) is 50.9 Å². The Kier molecular flexibility index (Phi) is 6.73. The monoisotopic (exact) mass is 391 g/mol. The van der Waals surface area contributed by atoms with Crippen LogP contribution >= 0.6 is 0 Å². The summed E-state index contributed by atoms with van der Waals surface area (Å²) in [6.07, 6.45) is -2.99. The molecule has 27 heavy (non-hydrogen) atoms. The Labute approximate surface area is 152 Å². The summed E-state index contributed by atoms with van der Waals surface area (Å²) in [5, 5.41) is 27.9. The molecule has 0 heterocycles. The molecule has 1 fully saturated rings. The van der Waals surface area contributed by atoms with E-state index in [0.717, 1.165) is 12.1 Å². The topological polar surface area (TPSA) is 124 Å². The Bertz CT molecular complexity index is 702. The van der Waals surface area contributed by atoms with Crippen molar-refractivity contribution in [2.24, 2.45) is 0 Å². The maximum atomic E-state index is 12.6. The lowest BCUT2D eigenvalue weighted by Crippen LogP contribution is -2.59. The number of hydrogen-bond donors (Lipinski definition) is 4. The average Bonchev–Trinajstić information content (AvgIpc) is 2.57. The van der Waals surface area contributed by atoms with Gasteiger partial charge in [0.2, 0.25) is 0 Å². The maximum Gasteiger partial charge on any atom is 0.416 e. The fourth-order valence-corrected chi connectivity index (χ4v) is 2.99. The van der Waals surface area contributed by atoms with E-state index in [2.05, 4.69) is 5.32 Å². The number of aliphatic carboxylic acids is 2. The number of Topliss-reactive ketones (excluding diaryl/α,β-unsaturated/α-hetero) is 1. The van der Waals surface area contributed by atoms with Crippen molar-refractivity contribution in [3.05, 3.63) is 35.4 Å². The van der Waals surface area contributed by atoms with E-state index in [9.17, 15) is 23.1 Å². The Morgan fingerprint density at radius 1 is 1.07 bits per heavy atom. The van der Waals surface area contributed by atoms with Gasteiger partial charge in [0, 0.05) is 0 Å². The van der Waals surface area contributed by atoms with E-state index >= 15 is 0 Å². The van der Waals surface area contributed by atoms with E-state index in [1.807, 2.05) is 0 Å². The molecule has 2 rings (SSSR count). The first-order valence-electron chi connectivity index (χ1n) is 7.88. The molecule has 1 aromatic rings. The molecular formula is C17H20F3NO6. The third kappa shape index (κ3) is 5.04. The first-order chi connectivity index (χ1) is 12.3. The Hall–Kier alpha value is -2.46. The zero-order chi connectivity index (χ0) is 21.0. The second kappa shape index (κ2) is 8.05. The van der Waals surface area contributed by atoms with Gasteiger partial charge < -0.3 is 20.6 Å². The van der Waals surface area contributed by atoms with Crippen LogP contribution in [0, 0.1) is 0 Å². The number of ketones is 1. The molecule has 0 unspecified atom stereocenters. The lowest BCUT2D eigenvalue weighted by atomic mass is 9.69. The highest BCUT2D eigenvalue weighted by molar-refractivity contribution is 6.27. The highest BCUT2D eigenvalue weighted by Gasteiger charge is 2.50. The van der Waals surface area contributed by atoms with Crippen LogP contribution in [-0.4, -0.2) is 45.7 Å². The second-order valence-electron chi connectivity index (χ2n) is 6.30. The molecule has 1 aliphatic carbocycles. The largest absolute Gasteiger partial charge is 0.473 e. The number of alkyl halides is 3. The molecule has 10 heteroatoms. The van der Waals surface area contributed by atoms with Gasteiger partial charge in [0.25, 0.3) is 0 Å². The molecule has 0 bridgehead atoms. The molecule has 0 radical (unpaired) electrons. The Balaban J connectivity index is 0.000000527. The van der Waals surface area contributed by atoms with Crippen molar-refractivity contribution < 1.29 is 42.9 Å². The standard InChI is InChI=1S/C15H18F3NO2.C2H2O4/c1-13(21)8-3-9-14(19-2,12(13)20)10-4-6-11(7-5-10)15(16,17)18;3-1(4)2(5)6/h4-7,19,21H,3,8-9H2,1-2H3;(H,3,4)(H,5,6)/t13-,14+;/m0./s1. The van der Waals surface area contributed by atoms with E-state index in [1.54, 1.807) is 7.05 Å². The number of benzene rings is 1. The van der Waals surface area contributed by atoms with Gasteiger partial charge in [-0.1, -0.05) is 12.1 Å². The zero-order valence-corrected chi connectivity index (χ0v) is 14.6. The first kappa shape index (κ1) is 22.6. The minimum Gasteiger partial charge on any atom is -0.473 e. The number of carbonyl (C=O) groups is 3. The lowest BCUT2D eigenvalue weighted by molar-refractivity contribution is -0.159. The molecule has 0 spiro atoms.